The van der Waals surface area contributed by atoms with Crippen molar-refractivity contribution in [3.63, 3.8) is 0 Å². The molecule has 1 atom stereocenters. The highest BCUT2D eigenvalue weighted by Gasteiger charge is 2.35. The first-order valence-corrected chi connectivity index (χ1v) is 9.16. The topological polar surface area (TPSA) is 88.6 Å². The van der Waals surface area contributed by atoms with Gasteiger partial charge in [-0.3, -0.25) is 9.59 Å². The van der Waals surface area contributed by atoms with E-state index in [-0.39, 0.29) is 18.2 Å². The highest BCUT2D eigenvalue weighted by molar-refractivity contribution is 7.13. The van der Waals surface area contributed by atoms with Crippen LogP contribution in [0.2, 0.25) is 0 Å². The Kier molecular flexibility index (Phi) is 5.32. The van der Waals surface area contributed by atoms with Crippen LogP contribution < -0.4 is 10.2 Å². The molecule has 7 nitrogen and oxygen atoms in total. The van der Waals surface area contributed by atoms with Crippen LogP contribution in [0.5, 0.6) is 0 Å². The van der Waals surface area contributed by atoms with Crippen LogP contribution in [0.4, 0.5) is 10.8 Å². The van der Waals surface area contributed by atoms with Gasteiger partial charge in [0.25, 0.3) is 0 Å². The number of esters is 1. The fourth-order valence-corrected chi connectivity index (χ4v) is 3.43. The number of anilines is 2. The Hall–Kier alpha value is -2.74. The maximum atomic E-state index is 12.4. The molecule has 136 valence electrons. The standard InChI is InChI=1S/C18H19N3O4S/c1-3-25-17(24)12-4-6-14(7-5-12)21-9-13(8-15(21)22)16(23)20-18-19-11(2)10-26-18/h4-7,10,13H,3,8-9H2,1-2H3,(H,19,20,23). The average Bonchev–Trinajstić information content (AvgIpc) is 3.21. The third-order valence-electron chi connectivity index (χ3n) is 4.04. The molecule has 0 aliphatic carbocycles. The van der Waals surface area contributed by atoms with Gasteiger partial charge in [-0.25, -0.2) is 9.78 Å². The molecule has 1 aromatic carbocycles. The summed E-state index contributed by atoms with van der Waals surface area (Å²) in [5.74, 6) is -1.16. The van der Waals surface area contributed by atoms with Crippen molar-refractivity contribution < 1.29 is 19.1 Å². The summed E-state index contributed by atoms with van der Waals surface area (Å²) in [4.78, 5) is 42.1. The molecule has 26 heavy (non-hydrogen) atoms. The minimum absolute atomic E-state index is 0.121. The Morgan fingerprint density at radius 3 is 2.69 bits per heavy atom. The lowest BCUT2D eigenvalue weighted by Crippen LogP contribution is -2.28. The number of ether oxygens (including phenoxy) is 1. The fraction of sp³-hybridized carbons (Fsp3) is 0.333. The van der Waals surface area contributed by atoms with E-state index in [4.69, 9.17) is 4.74 Å². The number of nitrogens with one attached hydrogen (secondary N) is 1. The van der Waals surface area contributed by atoms with Crippen molar-refractivity contribution in [1.29, 1.82) is 0 Å². The monoisotopic (exact) mass is 373 g/mol. The van der Waals surface area contributed by atoms with Gasteiger partial charge in [0.1, 0.15) is 0 Å². The first-order valence-electron chi connectivity index (χ1n) is 8.28. The number of rotatable bonds is 5. The molecule has 1 fully saturated rings. The summed E-state index contributed by atoms with van der Waals surface area (Å²) in [5.41, 5.74) is 1.93. The number of amides is 2. The maximum absolute atomic E-state index is 12.4. The largest absolute Gasteiger partial charge is 0.462 e. The summed E-state index contributed by atoms with van der Waals surface area (Å²) >= 11 is 1.36. The molecule has 1 aliphatic rings. The van der Waals surface area contributed by atoms with E-state index in [0.29, 0.717) is 29.5 Å². The van der Waals surface area contributed by atoms with Crippen molar-refractivity contribution in [2.24, 2.45) is 5.92 Å². The van der Waals surface area contributed by atoms with E-state index >= 15 is 0 Å². The number of hydrogen-bond acceptors (Lipinski definition) is 6. The fourth-order valence-electron chi connectivity index (χ4n) is 2.74. The number of carbonyl (C=O) groups is 3. The predicted octanol–water partition coefficient (Wildman–Crippen LogP) is 2.62. The Morgan fingerprint density at radius 1 is 1.35 bits per heavy atom. The van der Waals surface area contributed by atoms with Crippen LogP contribution in [0.1, 0.15) is 29.4 Å². The number of aryl methyl sites for hydroxylation is 1. The molecule has 1 saturated heterocycles. The van der Waals surface area contributed by atoms with Gasteiger partial charge in [-0.05, 0) is 38.1 Å². The first-order chi connectivity index (χ1) is 12.5. The van der Waals surface area contributed by atoms with E-state index in [1.54, 1.807) is 36.1 Å². The van der Waals surface area contributed by atoms with Gasteiger partial charge < -0.3 is 15.0 Å². The number of thiazole rings is 1. The number of carbonyl (C=O) groups excluding carboxylic acids is 3. The molecule has 2 amide bonds. The Morgan fingerprint density at radius 2 is 2.08 bits per heavy atom. The first kappa shape index (κ1) is 18.1. The molecule has 0 radical (unpaired) electrons. The highest BCUT2D eigenvalue weighted by Crippen LogP contribution is 2.27. The van der Waals surface area contributed by atoms with Gasteiger partial charge in [0.2, 0.25) is 11.8 Å². The highest BCUT2D eigenvalue weighted by atomic mass is 32.1. The van der Waals surface area contributed by atoms with Crippen molar-refractivity contribution >= 4 is 39.9 Å². The SMILES string of the molecule is CCOC(=O)c1ccc(N2CC(C(=O)Nc3nc(C)cs3)CC2=O)cc1. The van der Waals surface area contributed by atoms with Crippen LogP contribution in [-0.4, -0.2) is 35.9 Å². The zero-order valence-corrected chi connectivity index (χ0v) is 15.3. The Bertz CT molecular complexity index is 831. The Labute approximate surface area is 155 Å². The minimum Gasteiger partial charge on any atom is -0.462 e. The second kappa shape index (κ2) is 7.65. The van der Waals surface area contributed by atoms with Gasteiger partial charge in [0.05, 0.1) is 23.8 Å². The van der Waals surface area contributed by atoms with Crippen LogP contribution in [0.15, 0.2) is 29.6 Å². The van der Waals surface area contributed by atoms with Gasteiger partial charge in [-0.1, -0.05) is 0 Å². The number of benzene rings is 1. The number of hydrogen-bond donors (Lipinski definition) is 1. The second-order valence-corrected chi connectivity index (χ2v) is 6.81. The molecule has 1 N–H and O–H groups in total. The smallest absolute Gasteiger partial charge is 0.338 e. The molecular weight excluding hydrogens is 354 g/mol. The zero-order valence-electron chi connectivity index (χ0n) is 14.5. The summed E-state index contributed by atoms with van der Waals surface area (Å²) in [6.07, 6.45) is 0.149. The minimum atomic E-state index is -0.434. The molecule has 2 heterocycles. The molecule has 1 unspecified atom stereocenters. The molecular formula is C18H19N3O4S. The summed E-state index contributed by atoms with van der Waals surface area (Å²) in [5, 5.41) is 5.16. The van der Waals surface area contributed by atoms with Crippen molar-refractivity contribution in [3.05, 3.63) is 40.9 Å². The van der Waals surface area contributed by atoms with Gasteiger partial charge >= 0.3 is 5.97 Å². The summed E-state index contributed by atoms with van der Waals surface area (Å²) in [6.45, 7) is 4.20. The van der Waals surface area contributed by atoms with Gasteiger partial charge in [-0.15, -0.1) is 11.3 Å². The normalized spacial score (nSPS) is 16.6. The molecule has 1 aliphatic heterocycles. The molecule has 3 rings (SSSR count). The molecule has 0 saturated carbocycles. The third-order valence-corrected chi connectivity index (χ3v) is 4.91. The molecule has 0 spiro atoms. The summed E-state index contributed by atoms with van der Waals surface area (Å²) < 4.78 is 4.94. The summed E-state index contributed by atoms with van der Waals surface area (Å²) in [7, 11) is 0. The quantitative estimate of drug-likeness (QED) is 0.814. The van der Waals surface area contributed by atoms with Crippen LogP contribution in [0.3, 0.4) is 0 Å². The van der Waals surface area contributed by atoms with E-state index in [2.05, 4.69) is 10.3 Å². The van der Waals surface area contributed by atoms with E-state index < -0.39 is 11.9 Å². The second-order valence-electron chi connectivity index (χ2n) is 5.96. The maximum Gasteiger partial charge on any atom is 0.338 e. The van der Waals surface area contributed by atoms with Crippen molar-refractivity contribution in [3.8, 4) is 0 Å². The van der Waals surface area contributed by atoms with E-state index in [1.165, 1.54) is 11.3 Å². The van der Waals surface area contributed by atoms with Gasteiger partial charge in [0.15, 0.2) is 5.13 Å². The Balaban J connectivity index is 1.65. The lowest BCUT2D eigenvalue weighted by Gasteiger charge is -2.17. The van der Waals surface area contributed by atoms with Crippen LogP contribution in [0, 0.1) is 12.8 Å². The van der Waals surface area contributed by atoms with Crippen LogP contribution in [-0.2, 0) is 14.3 Å². The zero-order chi connectivity index (χ0) is 18.7. The number of nitrogens with zero attached hydrogens (tertiary/aromatic N) is 2. The van der Waals surface area contributed by atoms with Crippen molar-refractivity contribution in [2.45, 2.75) is 20.3 Å². The van der Waals surface area contributed by atoms with E-state index in [0.717, 1.165) is 5.69 Å². The third kappa shape index (κ3) is 3.91. The van der Waals surface area contributed by atoms with Crippen LogP contribution in [0.25, 0.3) is 0 Å². The lowest BCUT2D eigenvalue weighted by atomic mass is 10.1. The summed E-state index contributed by atoms with van der Waals surface area (Å²) in [6, 6.07) is 6.61. The molecule has 1 aromatic heterocycles. The molecule has 2 aromatic rings. The molecule has 0 bridgehead atoms. The van der Waals surface area contributed by atoms with Gasteiger partial charge in [-0.2, -0.15) is 0 Å². The van der Waals surface area contributed by atoms with E-state index in [1.807, 2.05) is 12.3 Å². The van der Waals surface area contributed by atoms with Crippen LogP contribution >= 0.6 is 11.3 Å². The van der Waals surface area contributed by atoms with Gasteiger partial charge in [0, 0.05) is 24.0 Å². The lowest BCUT2D eigenvalue weighted by molar-refractivity contribution is -0.122. The molecule has 8 heteroatoms. The van der Waals surface area contributed by atoms with E-state index in [9.17, 15) is 14.4 Å². The van der Waals surface area contributed by atoms with Crippen molar-refractivity contribution in [1.82, 2.24) is 4.98 Å². The van der Waals surface area contributed by atoms with Crippen molar-refractivity contribution in [2.75, 3.05) is 23.4 Å². The average molecular weight is 373 g/mol. The number of aromatic nitrogens is 1. The predicted molar refractivity (Wildman–Crippen MR) is 98.3 cm³/mol.